The van der Waals surface area contributed by atoms with E-state index in [1.807, 2.05) is 36.1 Å². The van der Waals surface area contributed by atoms with Crippen LogP contribution in [0.15, 0.2) is 30.5 Å². The highest BCUT2D eigenvalue weighted by Crippen LogP contribution is 2.19. The fraction of sp³-hybridized carbons (Fsp3) is 0.429. The normalized spacial score (nSPS) is 12.6. The fourth-order valence-corrected chi connectivity index (χ4v) is 2.33. The zero-order chi connectivity index (χ0) is 13.7. The Kier molecular flexibility index (Phi) is 4.93. The summed E-state index contributed by atoms with van der Waals surface area (Å²) in [4.78, 5) is 0. The molecule has 1 heterocycles. The van der Waals surface area contributed by atoms with E-state index in [0.29, 0.717) is 0 Å². The zero-order valence-electron chi connectivity index (χ0n) is 11.3. The van der Waals surface area contributed by atoms with Gasteiger partial charge in [0.2, 0.25) is 0 Å². The van der Waals surface area contributed by atoms with Gasteiger partial charge in [-0.3, -0.25) is 4.68 Å². The first-order valence-corrected chi connectivity index (χ1v) is 6.91. The van der Waals surface area contributed by atoms with Gasteiger partial charge in [-0.05, 0) is 37.1 Å². The number of nitrogens with one attached hydrogen (secondary N) is 1. The van der Waals surface area contributed by atoms with Crippen LogP contribution in [0.2, 0.25) is 5.02 Å². The number of benzene rings is 1. The Balaban J connectivity index is 2.16. The third-order valence-electron chi connectivity index (χ3n) is 3.08. The van der Waals surface area contributed by atoms with Crippen LogP contribution in [0.1, 0.15) is 30.6 Å². The van der Waals surface area contributed by atoms with E-state index in [1.54, 1.807) is 0 Å². The molecule has 102 valence electrons. The Morgan fingerprint density at radius 1 is 1.42 bits per heavy atom. The van der Waals surface area contributed by atoms with Crippen molar-refractivity contribution in [2.75, 3.05) is 6.54 Å². The lowest BCUT2D eigenvalue weighted by Crippen LogP contribution is -2.26. The van der Waals surface area contributed by atoms with Crippen LogP contribution in [-0.4, -0.2) is 21.5 Å². The highest BCUT2D eigenvalue weighted by atomic mass is 35.5. The lowest BCUT2D eigenvalue weighted by Gasteiger charge is -2.18. The predicted molar refractivity (Wildman–Crippen MR) is 77.2 cm³/mol. The Morgan fingerprint density at radius 3 is 2.89 bits per heavy atom. The van der Waals surface area contributed by atoms with E-state index < -0.39 is 0 Å². The van der Waals surface area contributed by atoms with Crippen molar-refractivity contribution in [3.8, 4) is 0 Å². The first kappa shape index (κ1) is 14.0. The van der Waals surface area contributed by atoms with Gasteiger partial charge in [0.25, 0.3) is 0 Å². The lowest BCUT2D eigenvalue weighted by atomic mass is 10.0. The second-order valence-electron chi connectivity index (χ2n) is 4.62. The maximum atomic E-state index is 6.04. The van der Waals surface area contributed by atoms with Gasteiger partial charge in [0, 0.05) is 12.1 Å². The average Bonchev–Trinajstić information content (AvgIpc) is 2.81. The van der Waals surface area contributed by atoms with Gasteiger partial charge < -0.3 is 5.32 Å². The monoisotopic (exact) mass is 278 g/mol. The van der Waals surface area contributed by atoms with Crippen LogP contribution in [-0.2, 0) is 13.5 Å². The Morgan fingerprint density at radius 2 is 2.26 bits per heavy atom. The summed E-state index contributed by atoms with van der Waals surface area (Å²) in [6, 6.07) is 8.18. The number of nitrogens with zero attached hydrogens (tertiary/aromatic N) is 3. The van der Waals surface area contributed by atoms with Gasteiger partial charge in [0.05, 0.1) is 17.9 Å². The van der Waals surface area contributed by atoms with Crippen molar-refractivity contribution in [3.63, 3.8) is 0 Å². The molecular formula is C14H19ClN4. The van der Waals surface area contributed by atoms with Gasteiger partial charge >= 0.3 is 0 Å². The molecule has 0 saturated heterocycles. The molecular weight excluding hydrogens is 260 g/mol. The molecule has 5 heteroatoms. The summed E-state index contributed by atoms with van der Waals surface area (Å²) in [6.45, 7) is 3.13. The summed E-state index contributed by atoms with van der Waals surface area (Å²) in [5, 5.41) is 12.3. The first-order valence-electron chi connectivity index (χ1n) is 6.53. The second kappa shape index (κ2) is 6.68. The van der Waals surface area contributed by atoms with Crippen LogP contribution in [0, 0.1) is 0 Å². The molecule has 0 aliphatic heterocycles. The second-order valence-corrected chi connectivity index (χ2v) is 5.06. The number of hydrogen-bond donors (Lipinski definition) is 1. The summed E-state index contributed by atoms with van der Waals surface area (Å²) in [5.41, 5.74) is 2.30. The highest BCUT2D eigenvalue weighted by Gasteiger charge is 2.15. The lowest BCUT2D eigenvalue weighted by molar-refractivity contribution is 0.492. The maximum Gasteiger partial charge on any atom is 0.0756 e. The van der Waals surface area contributed by atoms with Crippen molar-refractivity contribution in [1.82, 2.24) is 20.3 Å². The van der Waals surface area contributed by atoms with E-state index in [2.05, 4.69) is 28.6 Å². The molecule has 4 nitrogen and oxygen atoms in total. The molecule has 1 aromatic heterocycles. The van der Waals surface area contributed by atoms with E-state index in [-0.39, 0.29) is 6.04 Å². The number of halogens is 1. The minimum absolute atomic E-state index is 0.207. The van der Waals surface area contributed by atoms with Gasteiger partial charge in [-0.25, -0.2) is 0 Å². The van der Waals surface area contributed by atoms with Gasteiger partial charge in [-0.15, -0.1) is 5.10 Å². The Hall–Kier alpha value is -1.39. The molecule has 0 fully saturated rings. The third kappa shape index (κ3) is 3.78. The molecule has 0 radical (unpaired) electrons. The average molecular weight is 279 g/mol. The minimum atomic E-state index is 0.207. The molecule has 2 rings (SSSR count). The molecule has 1 N–H and O–H groups in total. The standard InChI is InChI=1S/C14H19ClN4/c1-3-7-16-13(14-10-17-18-19(14)2)9-11-5-4-6-12(15)8-11/h4-6,8,10,13,16H,3,7,9H2,1-2H3. The van der Waals surface area contributed by atoms with Crippen molar-refractivity contribution in [2.24, 2.45) is 7.05 Å². The summed E-state index contributed by atoms with van der Waals surface area (Å²) in [7, 11) is 1.92. The van der Waals surface area contributed by atoms with E-state index in [4.69, 9.17) is 11.6 Å². The van der Waals surface area contributed by atoms with Gasteiger partial charge in [0.1, 0.15) is 0 Å². The van der Waals surface area contributed by atoms with E-state index >= 15 is 0 Å². The predicted octanol–water partition coefficient (Wildman–Crippen LogP) is 2.75. The summed E-state index contributed by atoms with van der Waals surface area (Å²) in [5.74, 6) is 0. The number of rotatable bonds is 6. The van der Waals surface area contributed by atoms with Crippen LogP contribution in [0.4, 0.5) is 0 Å². The molecule has 0 amide bonds. The van der Waals surface area contributed by atoms with Crippen LogP contribution in [0.3, 0.4) is 0 Å². The highest BCUT2D eigenvalue weighted by molar-refractivity contribution is 6.30. The molecule has 1 atom stereocenters. The van der Waals surface area contributed by atoms with Crippen molar-refractivity contribution in [1.29, 1.82) is 0 Å². The maximum absolute atomic E-state index is 6.04. The van der Waals surface area contributed by atoms with Crippen molar-refractivity contribution >= 4 is 11.6 Å². The quantitative estimate of drug-likeness (QED) is 0.883. The zero-order valence-corrected chi connectivity index (χ0v) is 12.1. The molecule has 1 aromatic carbocycles. The summed E-state index contributed by atoms with van der Waals surface area (Å²) >= 11 is 6.04. The van der Waals surface area contributed by atoms with Crippen molar-refractivity contribution < 1.29 is 0 Å². The third-order valence-corrected chi connectivity index (χ3v) is 3.31. The van der Waals surface area contributed by atoms with Gasteiger partial charge in [0.15, 0.2) is 0 Å². The largest absolute Gasteiger partial charge is 0.308 e. The number of hydrogen-bond acceptors (Lipinski definition) is 3. The smallest absolute Gasteiger partial charge is 0.0756 e. The fourth-order valence-electron chi connectivity index (χ4n) is 2.11. The van der Waals surface area contributed by atoms with E-state index in [9.17, 15) is 0 Å². The van der Waals surface area contributed by atoms with E-state index in [0.717, 1.165) is 30.1 Å². The Labute approximate surface area is 118 Å². The van der Waals surface area contributed by atoms with Crippen molar-refractivity contribution in [2.45, 2.75) is 25.8 Å². The SMILES string of the molecule is CCCNC(Cc1cccc(Cl)c1)c1cnnn1C. The summed E-state index contributed by atoms with van der Waals surface area (Å²) < 4.78 is 1.82. The molecule has 0 aliphatic rings. The molecule has 0 spiro atoms. The molecule has 0 saturated carbocycles. The van der Waals surface area contributed by atoms with E-state index in [1.165, 1.54) is 5.56 Å². The van der Waals surface area contributed by atoms with Crippen LogP contribution in [0.25, 0.3) is 0 Å². The first-order chi connectivity index (χ1) is 9.20. The van der Waals surface area contributed by atoms with Crippen LogP contribution in [0.5, 0.6) is 0 Å². The minimum Gasteiger partial charge on any atom is -0.308 e. The number of aryl methyl sites for hydroxylation is 1. The van der Waals surface area contributed by atoms with Crippen LogP contribution >= 0.6 is 11.6 Å². The molecule has 1 unspecified atom stereocenters. The molecule has 2 aromatic rings. The van der Waals surface area contributed by atoms with Crippen LogP contribution < -0.4 is 5.32 Å². The Bertz CT molecular complexity index is 524. The summed E-state index contributed by atoms with van der Waals surface area (Å²) in [6.07, 6.45) is 3.79. The topological polar surface area (TPSA) is 42.7 Å². The van der Waals surface area contributed by atoms with Gasteiger partial charge in [-0.1, -0.05) is 35.9 Å². The number of aromatic nitrogens is 3. The molecule has 0 aliphatic carbocycles. The van der Waals surface area contributed by atoms with Crippen molar-refractivity contribution in [3.05, 3.63) is 46.7 Å². The molecule has 19 heavy (non-hydrogen) atoms. The molecule has 0 bridgehead atoms. The van der Waals surface area contributed by atoms with Gasteiger partial charge in [-0.2, -0.15) is 0 Å².